The van der Waals surface area contributed by atoms with E-state index in [1.165, 1.54) is 70.4 Å². The van der Waals surface area contributed by atoms with E-state index in [1.807, 2.05) is 0 Å². The summed E-state index contributed by atoms with van der Waals surface area (Å²) in [5.41, 5.74) is 0. The van der Waals surface area contributed by atoms with Crippen molar-refractivity contribution < 1.29 is 0 Å². The molecule has 0 bridgehead atoms. The van der Waals surface area contributed by atoms with Crippen LogP contribution in [-0.2, 0) is 0 Å². The van der Waals surface area contributed by atoms with Gasteiger partial charge in [0.15, 0.2) is 0 Å². The summed E-state index contributed by atoms with van der Waals surface area (Å²) in [6.07, 6.45) is 20.9. The van der Waals surface area contributed by atoms with Gasteiger partial charge in [-0.05, 0) is 32.6 Å². The summed E-state index contributed by atoms with van der Waals surface area (Å²) in [4.78, 5) is 0. The van der Waals surface area contributed by atoms with E-state index in [4.69, 9.17) is 0 Å². The minimum atomic E-state index is -0.577. The lowest BCUT2D eigenvalue weighted by Crippen LogP contribution is -2.11. The summed E-state index contributed by atoms with van der Waals surface area (Å²) in [6, 6.07) is 0. The van der Waals surface area contributed by atoms with Crippen molar-refractivity contribution in [2.45, 2.75) is 91.9 Å². The summed E-state index contributed by atoms with van der Waals surface area (Å²) in [5, 5.41) is 0. The Morgan fingerprint density at radius 3 is 1.21 bits per heavy atom. The smallest absolute Gasteiger partial charge is 0.0594 e. The molecule has 0 N–H and O–H groups in total. The van der Waals surface area contributed by atoms with Gasteiger partial charge in [0.2, 0.25) is 0 Å². The molecular formula is C18H40P+. The largest absolute Gasteiger partial charge is 0.0654 e. The van der Waals surface area contributed by atoms with E-state index in [0.717, 1.165) is 0 Å². The molecule has 0 aromatic carbocycles. The van der Waals surface area contributed by atoms with E-state index >= 15 is 0 Å². The van der Waals surface area contributed by atoms with Crippen LogP contribution in [0.15, 0.2) is 0 Å². The van der Waals surface area contributed by atoms with E-state index in [2.05, 4.69) is 27.7 Å². The Morgan fingerprint density at radius 2 is 0.842 bits per heavy atom. The Kier molecular flexibility index (Phi) is 13.7. The highest BCUT2D eigenvalue weighted by Crippen LogP contribution is 2.60. The average molecular weight is 287 g/mol. The van der Waals surface area contributed by atoms with Crippen LogP contribution < -0.4 is 0 Å². The third-order valence-corrected chi connectivity index (χ3v) is 9.77. The van der Waals surface area contributed by atoms with Gasteiger partial charge in [-0.25, -0.2) is 0 Å². The van der Waals surface area contributed by atoms with Gasteiger partial charge in [-0.3, -0.25) is 0 Å². The first-order valence-corrected chi connectivity index (χ1v) is 11.6. The van der Waals surface area contributed by atoms with Crippen LogP contribution in [0.5, 0.6) is 0 Å². The average Bonchev–Trinajstić information content (AvgIpc) is 2.43. The fraction of sp³-hybridized carbons (Fsp3) is 1.00. The van der Waals surface area contributed by atoms with Gasteiger partial charge < -0.3 is 0 Å². The van der Waals surface area contributed by atoms with Crippen LogP contribution in [0.2, 0.25) is 0 Å². The maximum absolute atomic E-state index is 2.49. The third kappa shape index (κ3) is 9.89. The lowest BCUT2D eigenvalue weighted by Gasteiger charge is -2.27. The fourth-order valence-electron chi connectivity index (χ4n) is 3.08. The summed E-state index contributed by atoms with van der Waals surface area (Å²) in [7, 11) is -0.577. The highest BCUT2D eigenvalue weighted by molar-refractivity contribution is 7.75. The number of hydrogen-bond donors (Lipinski definition) is 0. The van der Waals surface area contributed by atoms with Gasteiger partial charge in [0.05, 0.1) is 24.6 Å². The molecule has 19 heavy (non-hydrogen) atoms. The zero-order chi connectivity index (χ0) is 14.4. The number of rotatable bonds is 14. The summed E-state index contributed by atoms with van der Waals surface area (Å²) in [6.45, 7) is 9.49. The Hall–Kier alpha value is 0.430. The van der Waals surface area contributed by atoms with Gasteiger partial charge in [-0.15, -0.1) is 0 Å². The molecule has 0 radical (unpaired) electrons. The van der Waals surface area contributed by atoms with Crippen LogP contribution >= 0.6 is 7.26 Å². The van der Waals surface area contributed by atoms with Crippen molar-refractivity contribution in [3.8, 4) is 0 Å². The lowest BCUT2D eigenvalue weighted by molar-refractivity contribution is 0.698. The topological polar surface area (TPSA) is 0 Å². The monoisotopic (exact) mass is 287 g/mol. The molecule has 0 unspecified atom stereocenters. The Labute approximate surface area is 124 Å². The normalized spacial score (nSPS) is 12.0. The fourth-order valence-corrected chi connectivity index (χ4v) is 7.38. The first kappa shape index (κ1) is 19.4. The molecule has 0 aliphatic rings. The van der Waals surface area contributed by atoms with Crippen molar-refractivity contribution in [3.05, 3.63) is 0 Å². The zero-order valence-corrected chi connectivity index (χ0v) is 15.2. The number of unbranched alkanes of at least 4 members (excludes halogenated alkanes) is 7. The molecule has 0 rings (SSSR count). The molecule has 0 saturated heterocycles. The van der Waals surface area contributed by atoms with Gasteiger partial charge in [0.25, 0.3) is 0 Å². The maximum atomic E-state index is 2.49. The van der Waals surface area contributed by atoms with Crippen molar-refractivity contribution in [3.63, 3.8) is 0 Å². The molecule has 0 aromatic heterocycles. The van der Waals surface area contributed by atoms with Crippen molar-refractivity contribution in [2.75, 3.05) is 24.6 Å². The molecule has 0 aliphatic heterocycles. The van der Waals surface area contributed by atoms with Gasteiger partial charge in [0.1, 0.15) is 0 Å². The van der Waals surface area contributed by atoms with Crippen molar-refractivity contribution >= 4 is 7.26 Å². The van der Waals surface area contributed by atoms with Gasteiger partial charge in [-0.2, -0.15) is 0 Å². The van der Waals surface area contributed by atoms with Crippen molar-refractivity contribution in [1.29, 1.82) is 0 Å². The van der Waals surface area contributed by atoms with Crippen molar-refractivity contribution in [2.24, 2.45) is 0 Å². The molecule has 0 saturated carbocycles. The first-order valence-electron chi connectivity index (χ1n) is 9.09. The highest BCUT2D eigenvalue weighted by Gasteiger charge is 2.33. The molecule has 0 nitrogen and oxygen atoms in total. The Balaban J connectivity index is 4.20. The molecule has 0 aliphatic carbocycles. The van der Waals surface area contributed by atoms with Crippen LogP contribution in [0, 0.1) is 0 Å². The second-order valence-electron chi connectivity index (χ2n) is 6.30. The standard InChI is InChI=1S/C18H40P/c1-5-9-12-15-18-19(8-4,16-13-10-6-2)17-14-11-7-3/h5-18H2,1-4H3/q+1. The Bertz CT molecular complexity index is 167. The second-order valence-corrected chi connectivity index (χ2v) is 11.0. The molecule has 0 heterocycles. The van der Waals surface area contributed by atoms with Crippen LogP contribution in [0.4, 0.5) is 0 Å². The predicted octanol–water partition coefficient (Wildman–Crippen LogP) is 6.98. The quantitative estimate of drug-likeness (QED) is 0.239. The van der Waals surface area contributed by atoms with Gasteiger partial charge in [-0.1, -0.05) is 59.3 Å². The maximum Gasteiger partial charge on any atom is 0.0594 e. The Morgan fingerprint density at radius 1 is 0.474 bits per heavy atom. The summed E-state index contributed by atoms with van der Waals surface area (Å²) in [5.74, 6) is 0. The highest BCUT2D eigenvalue weighted by atomic mass is 31.2. The molecule has 0 fully saturated rings. The van der Waals surface area contributed by atoms with Crippen LogP contribution in [0.1, 0.15) is 91.9 Å². The second kappa shape index (κ2) is 13.4. The van der Waals surface area contributed by atoms with E-state index in [-0.39, 0.29) is 0 Å². The van der Waals surface area contributed by atoms with Gasteiger partial charge in [0, 0.05) is 7.26 Å². The van der Waals surface area contributed by atoms with Gasteiger partial charge >= 0.3 is 0 Å². The summed E-state index contributed by atoms with van der Waals surface area (Å²) < 4.78 is 0. The minimum absolute atomic E-state index is 0.577. The molecule has 0 amide bonds. The SMILES string of the molecule is CCCCCC[P+](CC)(CCCCC)CCCCC. The molecular weight excluding hydrogens is 247 g/mol. The van der Waals surface area contributed by atoms with E-state index in [1.54, 1.807) is 18.5 Å². The molecule has 0 atom stereocenters. The lowest BCUT2D eigenvalue weighted by atomic mass is 10.2. The molecule has 0 spiro atoms. The van der Waals surface area contributed by atoms with Crippen molar-refractivity contribution in [1.82, 2.24) is 0 Å². The van der Waals surface area contributed by atoms with Crippen LogP contribution in [-0.4, -0.2) is 24.6 Å². The summed E-state index contributed by atoms with van der Waals surface area (Å²) >= 11 is 0. The predicted molar refractivity (Wildman–Crippen MR) is 95.3 cm³/mol. The third-order valence-electron chi connectivity index (χ3n) is 4.63. The molecule has 0 aromatic rings. The van der Waals surface area contributed by atoms with E-state index in [0.29, 0.717) is 0 Å². The van der Waals surface area contributed by atoms with E-state index < -0.39 is 7.26 Å². The number of hydrogen-bond acceptors (Lipinski definition) is 0. The van der Waals surface area contributed by atoms with Crippen LogP contribution in [0.3, 0.4) is 0 Å². The first-order chi connectivity index (χ1) is 9.24. The minimum Gasteiger partial charge on any atom is -0.0654 e. The van der Waals surface area contributed by atoms with E-state index in [9.17, 15) is 0 Å². The molecule has 116 valence electrons. The van der Waals surface area contributed by atoms with Crippen LogP contribution in [0.25, 0.3) is 0 Å². The molecule has 1 heteroatoms. The zero-order valence-electron chi connectivity index (χ0n) is 14.3.